The van der Waals surface area contributed by atoms with Crippen molar-refractivity contribution in [1.82, 2.24) is 4.57 Å². The molecular formula is C14H21N3. The van der Waals surface area contributed by atoms with Crippen molar-refractivity contribution in [1.29, 1.82) is 0 Å². The quantitative estimate of drug-likeness (QED) is 0.822. The van der Waals surface area contributed by atoms with Crippen molar-refractivity contribution >= 4 is 10.9 Å². The van der Waals surface area contributed by atoms with Crippen LogP contribution in [0.3, 0.4) is 0 Å². The molecule has 1 heterocycles. The molecule has 2 rings (SSSR count). The first-order valence-electron chi connectivity index (χ1n) is 6.31. The minimum atomic E-state index is 0.668. The van der Waals surface area contributed by atoms with Crippen molar-refractivity contribution < 1.29 is 0 Å². The lowest BCUT2D eigenvalue weighted by Crippen LogP contribution is -2.08. The number of benzene rings is 1. The van der Waals surface area contributed by atoms with Crippen molar-refractivity contribution in [3.63, 3.8) is 0 Å². The fraction of sp³-hybridized carbons (Fsp3) is 0.429. The standard InChI is InChI=1S/C14H21N3/c1-2-11-3-4-14-13(9-11)12(5-6-15)10-17(14)8-7-16/h3-4,9-10H,2,5-8,15-16H2,1H3. The van der Waals surface area contributed by atoms with Crippen molar-refractivity contribution in [2.75, 3.05) is 13.1 Å². The molecule has 4 N–H and O–H groups in total. The van der Waals surface area contributed by atoms with Gasteiger partial charge in [0.25, 0.3) is 0 Å². The molecule has 3 nitrogen and oxygen atoms in total. The summed E-state index contributed by atoms with van der Waals surface area (Å²) >= 11 is 0. The summed E-state index contributed by atoms with van der Waals surface area (Å²) in [7, 11) is 0. The predicted molar refractivity (Wildman–Crippen MR) is 73.1 cm³/mol. The van der Waals surface area contributed by atoms with Crippen LogP contribution < -0.4 is 11.5 Å². The molecule has 1 aromatic carbocycles. The molecule has 0 unspecified atom stereocenters. The van der Waals surface area contributed by atoms with E-state index in [1.165, 1.54) is 22.0 Å². The van der Waals surface area contributed by atoms with Gasteiger partial charge < -0.3 is 16.0 Å². The summed E-state index contributed by atoms with van der Waals surface area (Å²) in [6.45, 7) is 4.41. The lowest BCUT2D eigenvalue weighted by Gasteiger charge is -2.03. The maximum Gasteiger partial charge on any atom is 0.0483 e. The molecule has 17 heavy (non-hydrogen) atoms. The van der Waals surface area contributed by atoms with Gasteiger partial charge >= 0.3 is 0 Å². The largest absolute Gasteiger partial charge is 0.346 e. The van der Waals surface area contributed by atoms with Crippen molar-refractivity contribution in [2.45, 2.75) is 26.3 Å². The molecule has 3 heteroatoms. The van der Waals surface area contributed by atoms with Crippen molar-refractivity contribution in [2.24, 2.45) is 11.5 Å². The number of rotatable bonds is 5. The lowest BCUT2D eigenvalue weighted by molar-refractivity contribution is 0.731. The van der Waals surface area contributed by atoms with Crippen LogP contribution in [0.5, 0.6) is 0 Å². The van der Waals surface area contributed by atoms with Gasteiger partial charge in [-0.25, -0.2) is 0 Å². The Morgan fingerprint density at radius 3 is 2.65 bits per heavy atom. The van der Waals surface area contributed by atoms with Crippen molar-refractivity contribution in [3.8, 4) is 0 Å². The Kier molecular flexibility index (Phi) is 3.82. The van der Waals surface area contributed by atoms with Gasteiger partial charge in [0.15, 0.2) is 0 Å². The molecule has 0 aliphatic rings. The monoisotopic (exact) mass is 231 g/mol. The zero-order valence-electron chi connectivity index (χ0n) is 10.4. The Bertz CT molecular complexity index is 499. The fourth-order valence-electron chi connectivity index (χ4n) is 2.32. The molecule has 0 atom stereocenters. The molecule has 2 aromatic rings. The Labute approximate surface area is 102 Å². The second-order valence-electron chi connectivity index (χ2n) is 4.38. The van der Waals surface area contributed by atoms with E-state index in [2.05, 4.69) is 35.9 Å². The van der Waals surface area contributed by atoms with Gasteiger partial charge in [-0.2, -0.15) is 0 Å². The van der Waals surface area contributed by atoms with Crippen LogP contribution in [-0.2, 0) is 19.4 Å². The third-order valence-corrected chi connectivity index (χ3v) is 3.22. The number of aryl methyl sites for hydroxylation is 1. The predicted octanol–water partition coefficient (Wildman–Crippen LogP) is 1.66. The van der Waals surface area contributed by atoms with E-state index in [9.17, 15) is 0 Å². The minimum absolute atomic E-state index is 0.668. The molecule has 0 fully saturated rings. The summed E-state index contributed by atoms with van der Waals surface area (Å²) in [6.07, 6.45) is 4.20. The molecule has 1 aromatic heterocycles. The first-order chi connectivity index (χ1) is 8.30. The summed E-state index contributed by atoms with van der Waals surface area (Å²) in [6, 6.07) is 6.68. The Balaban J connectivity index is 2.54. The van der Waals surface area contributed by atoms with Gasteiger partial charge in [0, 0.05) is 30.2 Å². The van der Waals surface area contributed by atoms with Gasteiger partial charge in [-0.1, -0.05) is 13.0 Å². The molecule has 0 bridgehead atoms. The highest BCUT2D eigenvalue weighted by Crippen LogP contribution is 2.23. The highest BCUT2D eigenvalue weighted by Gasteiger charge is 2.07. The van der Waals surface area contributed by atoms with Crippen LogP contribution in [0.1, 0.15) is 18.1 Å². The van der Waals surface area contributed by atoms with Gasteiger partial charge in [-0.05, 0) is 42.6 Å². The molecule has 0 amide bonds. The smallest absolute Gasteiger partial charge is 0.0483 e. The maximum absolute atomic E-state index is 5.67. The first kappa shape index (κ1) is 12.1. The Morgan fingerprint density at radius 2 is 2.00 bits per heavy atom. The number of hydrogen-bond acceptors (Lipinski definition) is 2. The average Bonchev–Trinajstić information content (AvgIpc) is 2.68. The van der Waals surface area contributed by atoms with E-state index in [0.717, 1.165) is 19.4 Å². The molecule has 0 aliphatic carbocycles. The van der Waals surface area contributed by atoms with E-state index < -0.39 is 0 Å². The van der Waals surface area contributed by atoms with Gasteiger partial charge in [0.05, 0.1) is 0 Å². The van der Waals surface area contributed by atoms with Crippen LogP contribution in [0.15, 0.2) is 24.4 Å². The van der Waals surface area contributed by atoms with Crippen LogP contribution in [0.25, 0.3) is 10.9 Å². The van der Waals surface area contributed by atoms with E-state index in [0.29, 0.717) is 13.1 Å². The molecule has 0 spiro atoms. The number of nitrogens with two attached hydrogens (primary N) is 2. The van der Waals surface area contributed by atoms with Crippen LogP contribution in [-0.4, -0.2) is 17.7 Å². The molecule has 0 radical (unpaired) electrons. The van der Waals surface area contributed by atoms with Crippen LogP contribution in [0.2, 0.25) is 0 Å². The summed E-state index contributed by atoms with van der Waals surface area (Å²) in [5.74, 6) is 0. The van der Waals surface area contributed by atoms with Crippen LogP contribution in [0.4, 0.5) is 0 Å². The normalized spacial score (nSPS) is 11.2. The van der Waals surface area contributed by atoms with Crippen molar-refractivity contribution in [3.05, 3.63) is 35.5 Å². The van der Waals surface area contributed by atoms with Gasteiger partial charge in [-0.3, -0.25) is 0 Å². The van der Waals surface area contributed by atoms with E-state index in [-0.39, 0.29) is 0 Å². The molecule has 0 saturated carbocycles. The molecule has 92 valence electrons. The van der Waals surface area contributed by atoms with E-state index in [4.69, 9.17) is 11.5 Å². The van der Waals surface area contributed by atoms with Crippen LogP contribution in [0, 0.1) is 0 Å². The number of fused-ring (bicyclic) bond motifs is 1. The summed E-state index contributed by atoms with van der Waals surface area (Å²) < 4.78 is 2.24. The first-order valence-corrected chi connectivity index (χ1v) is 6.31. The molecular weight excluding hydrogens is 210 g/mol. The zero-order valence-corrected chi connectivity index (χ0v) is 10.4. The number of aromatic nitrogens is 1. The van der Waals surface area contributed by atoms with Gasteiger partial charge in [0.2, 0.25) is 0 Å². The highest BCUT2D eigenvalue weighted by atomic mass is 15.0. The fourth-order valence-corrected chi connectivity index (χ4v) is 2.32. The maximum atomic E-state index is 5.67. The minimum Gasteiger partial charge on any atom is -0.346 e. The molecule has 0 saturated heterocycles. The molecule has 0 aliphatic heterocycles. The zero-order chi connectivity index (χ0) is 12.3. The highest BCUT2D eigenvalue weighted by molar-refractivity contribution is 5.84. The third-order valence-electron chi connectivity index (χ3n) is 3.22. The Morgan fingerprint density at radius 1 is 1.18 bits per heavy atom. The Hall–Kier alpha value is -1.32. The van der Waals surface area contributed by atoms with Gasteiger partial charge in [0.1, 0.15) is 0 Å². The van der Waals surface area contributed by atoms with Gasteiger partial charge in [-0.15, -0.1) is 0 Å². The second kappa shape index (κ2) is 5.34. The third kappa shape index (κ3) is 2.35. The summed E-state index contributed by atoms with van der Waals surface area (Å²) in [5, 5.41) is 1.34. The topological polar surface area (TPSA) is 57.0 Å². The van der Waals surface area contributed by atoms with E-state index in [1.807, 2.05) is 0 Å². The summed E-state index contributed by atoms with van der Waals surface area (Å²) in [5.41, 5.74) is 15.3. The number of hydrogen-bond donors (Lipinski definition) is 2. The second-order valence-corrected chi connectivity index (χ2v) is 4.38. The van der Waals surface area contributed by atoms with Crippen LogP contribution >= 0.6 is 0 Å². The van der Waals surface area contributed by atoms with E-state index in [1.54, 1.807) is 0 Å². The summed E-state index contributed by atoms with van der Waals surface area (Å²) in [4.78, 5) is 0. The van der Waals surface area contributed by atoms with E-state index >= 15 is 0 Å². The average molecular weight is 231 g/mol. The SMILES string of the molecule is CCc1ccc2c(c1)c(CCN)cn2CCN. The lowest BCUT2D eigenvalue weighted by atomic mass is 10.1. The number of nitrogens with zero attached hydrogens (tertiary/aromatic N) is 1.